The highest BCUT2D eigenvalue weighted by Gasteiger charge is 2.38. The molecule has 162 valence electrons. The summed E-state index contributed by atoms with van der Waals surface area (Å²) in [7, 11) is 0. The summed E-state index contributed by atoms with van der Waals surface area (Å²) in [5.74, 6) is 1.47. The van der Waals surface area contributed by atoms with Gasteiger partial charge in [0.25, 0.3) is 0 Å². The van der Waals surface area contributed by atoms with E-state index in [2.05, 4.69) is 24.1 Å². The third-order valence-electron chi connectivity index (χ3n) is 5.97. The van der Waals surface area contributed by atoms with Gasteiger partial charge >= 0.3 is 0 Å². The Labute approximate surface area is 184 Å². The maximum absolute atomic E-state index is 13.3. The number of ether oxygens (including phenoxy) is 2. The zero-order chi connectivity index (χ0) is 20.4. The molecule has 3 N–H and O–H groups in total. The van der Waals surface area contributed by atoms with Crippen LogP contribution in [0, 0.1) is 5.41 Å². The van der Waals surface area contributed by atoms with Crippen molar-refractivity contribution in [3.8, 4) is 11.5 Å². The van der Waals surface area contributed by atoms with Gasteiger partial charge in [0.15, 0.2) is 11.5 Å². The highest BCUT2D eigenvalue weighted by Crippen LogP contribution is 2.34. The van der Waals surface area contributed by atoms with Gasteiger partial charge in [0.2, 0.25) is 12.7 Å². The van der Waals surface area contributed by atoms with Gasteiger partial charge in [0.05, 0.1) is 0 Å². The van der Waals surface area contributed by atoms with Crippen LogP contribution in [0.3, 0.4) is 0 Å². The van der Waals surface area contributed by atoms with Crippen molar-refractivity contribution in [1.29, 1.82) is 0 Å². The molecule has 0 aromatic heterocycles. The Kier molecular flexibility index (Phi) is 6.91. The average molecular weight is 432 g/mol. The third-order valence-corrected chi connectivity index (χ3v) is 5.97. The molecule has 0 bridgehead atoms. The van der Waals surface area contributed by atoms with E-state index >= 15 is 0 Å². The first kappa shape index (κ1) is 22.4. The van der Waals surface area contributed by atoms with Crippen LogP contribution in [-0.2, 0) is 11.3 Å². The molecule has 2 aliphatic rings. The average Bonchev–Trinajstić information content (AvgIpc) is 3.18. The molecule has 1 amide bonds. The third kappa shape index (κ3) is 4.72. The summed E-state index contributed by atoms with van der Waals surface area (Å²) in [4.78, 5) is 15.6. The van der Waals surface area contributed by atoms with Gasteiger partial charge in [-0.15, -0.1) is 12.4 Å². The van der Waals surface area contributed by atoms with E-state index < -0.39 is 0 Å². The van der Waals surface area contributed by atoms with Crippen LogP contribution < -0.4 is 20.5 Å². The zero-order valence-electron chi connectivity index (χ0n) is 17.5. The summed E-state index contributed by atoms with van der Waals surface area (Å²) in [6.07, 6.45) is 0.881. The minimum Gasteiger partial charge on any atom is -0.454 e. The molecule has 0 aliphatic carbocycles. The number of amides is 1. The van der Waals surface area contributed by atoms with Crippen molar-refractivity contribution in [3.05, 3.63) is 59.7 Å². The number of piperidine rings is 1. The fraction of sp³-hybridized carbons (Fsp3) is 0.435. The molecule has 4 rings (SSSR count). The van der Waals surface area contributed by atoms with E-state index in [4.69, 9.17) is 15.2 Å². The fourth-order valence-electron chi connectivity index (χ4n) is 4.14. The second kappa shape index (κ2) is 9.25. The lowest BCUT2D eigenvalue weighted by molar-refractivity contribution is -0.128. The van der Waals surface area contributed by atoms with Crippen LogP contribution >= 0.6 is 12.4 Å². The van der Waals surface area contributed by atoms with Crippen molar-refractivity contribution in [2.75, 3.05) is 19.9 Å². The van der Waals surface area contributed by atoms with Crippen LogP contribution in [0.1, 0.15) is 37.4 Å². The number of carbonyl (C=O) groups is 1. The molecule has 0 saturated carbocycles. The maximum Gasteiger partial charge on any atom is 0.242 e. The molecule has 1 fully saturated rings. The second-order valence-electron chi connectivity index (χ2n) is 8.57. The largest absolute Gasteiger partial charge is 0.454 e. The SMILES string of the molecule is CC1(C)CN(C(C(=O)NCc2ccc3c(c2)OCO3)c2ccccc2)CCC1N.Cl. The quantitative estimate of drug-likeness (QED) is 0.759. The standard InChI is InChI=1S/C23H29N3O3.ClH/c1-23(2)14-26(11-10-20(23)24)21(17-6-4-3-5-7-17)22(27)25-13-16-8-9-18-19(12-16)29-15-28-18;/h3-9,12,20-21H,10-11,13-15,24H2,1-2H3,(H,25,27);1H. The topological polar surface area (TPSA) is 76.8 Å². The molecule has 2 atom stereocenters. The van der Waals surface area contributed by atoms with E-state index in [0.29, 0.717) is 6.54 Å². The Morgan fingerprint density at radius 2 is 1.93 bits per heavy atom. The molecule has 7 heteroatoms. The van der Waals surface area contributed by atoms with E-state index in [-0.39, 0.29) is 42.6 Å². The number of nitrogens with one attached hydrogen (secondary N) is 1. The van der Waals surface area contributed by atoms with Crippen molar-refractivity contribution in [2.45, 2.75) is 38.9 Å². The molecule has 2 aromatic carbocycles. The first-order valence-corrected chi connectivity index (χ1v) is 10.1. The van der Waals surface area contributed by atoms with Gasteiger partial charge in [0.1, 0.15) is 6.04 Å². The lowest BCUT2D eigenvalue weighted by Crippen LogP contribution is -2.55. The number of carbonyl (C=O) groups excluding carboxylic acids is 1. The summed E-state index contributed by atoms with van der Waals surface area (Å²) in [5.41, 5.74) is 8.26. The summed E-state index contributed by atoms with van der Waals surface area (Å²) < 4.78 is 10.8. The molecular weight excluding hydrogens is 402 g/mol. The normalized spacial score (nSPS) is 20.8. The predicted molar refractivity (Wildman–Crippen MR) is 119 cm³/mol. The minimum atomic E-state index is -0.336. The van der Waals surface area contributed by atoms with Crippen molar-refractivity contribution in [3.63, 3.8) is 0 Å². The molecule has 2 unspecified atom stereocenters. The van der Waals surface area contributed by atoms with Crippen molar-refractivity contribution >= 4 is 18.3 Å². The van der Waals surface area contributed by atoms with Crippen molar-refractivity contribution in [1.82, 2.24) is 10.2 Å². The van der Waals surface area contributed by atoms with Crippen LogP contribution in [-0.4, -0.2) is 36.7 Å². The van der Waals surface area contributed by atoms with E-state index in [0.717, 1.165) is 42.1 Å². The number of benzene rings is 2. The number of fused-ring (bicyclic) bond motifs is 1. The number of rotatable bonds is 5. The molecular formula is C23H30ClN3O3. The Morgan fingerprint density at radius 1 is 1.20 bits per heavy atom. The lowest BCUT2D eigenvalue weighted by atomic mass is 9.79. The lowest BCUT2D eigenvalue weighted by Gasteiger charge is -2.45. The first-order chi connectivity index (χ1) is 13.9. The van der Waals surface area contributed by atoms with Crippen LogP contribution in [0.25, 0.3) is 0 Å². The summed E-state index contributed by atoms with van der Waals surface area (Å²) >= 11 is 0. The van der Waals surface area contributed by atoms with Gasteiger partial charge in [-0.3, -0.25) is 9.69 Å². The van der Waals surface area contributed by atoms with Crippen LogP contribution in [0.4, 0.5) is 0 Å². The number of hydrogen-bond acceptors (Lipinski definition) is 5. The van der Waals surface area contributed by atoms with Gasteiger partial charge < -0.3 is 20.5 Å². The summed E-state index contributed by atoms with van der Waals surface area (Å²) in [6.45, 7) is 6.63. The number of likely N-dealkylation sites (tertiary alicyclic amines) is 1. The first-order valence-electron chi connectivity index (χ1n) is 10.1. The zero-order valence-corrected chi connectivity index (χ0v) is 18.3. The number of halogens is 1. The molecule has 0 spiro atoms. The van der Waals surface area contributed by atoms with Crippen molar-refractivity contribution in [2.24, 2.45) is 11.1 Å². The van der Waals surface area contributed by atoms with Crippen molar-refractivity contribution < 1.29 is 14.3 Å². The Bertz CT molecular complexity index is 875. The fourth-order valence-corrected chi connectivity index (χ4v) is 4.14. The molecule has 30 heavy (non-hydrogen) atoms. The Hall–Kier alpha value is -2.28. The highest BCUT2D eigenvalue weighted by atomic mass is 35.5. The van der Waals surface area contributed by atoms with E-state index in [9.17, 15) is 4.79 Å². The molecule has 0 radical (unpaired) electrons. The van der Waals surface area contributed by atoms with Gasteiger partial charge in [-0.1, -0.05) is 50.2 Å². The molecule has 6 nitrogen and oxygen atoms in total. The minimum absolute atomic E-state index is 0. The molecule has 2 heterocycles. The van der Waals surface area contributed by atoms with E-state index in [1.54, 1.807) is 0 Å². The summed E-state index contributed by atoms with van der Waals surface area (Å²) in [5, 5.41) is 3.12. The van der Waals surface area contributed by atoms with Crippen LogP contribution in [0.15, 0.2) is 48.5 Å². The molecule has 2 aliphatic heterocycles. The Balaban J connectivity index is 0.00000256. The molecule has 1 saturated heterocycles. The predicted octanol–water partition coefficient (Wildman–Crippen LogP) is 3.25. The molecule has 2 aromatic rings. The van der Waals surface area contributed by atoms with Gasteiger partial charge in [0, 0.05) is 25.7 Å². The maximum atomic E-state index is 13.3. The second-order valence-corrected chi connectivity index (χ2v) is 8.57. The van der Waals surface area contributed by atoms with E-state index in [1.807, 2.05) is 48.5 Å². The Morgan fingerprint density at radius 3 is 2.67 bits per heavy atom. The summed E-state index contributed by atoms with van der Waals surface area (Å²) in [6, 6.07) is 15.5. The highest BCUT2D eigenvalue weighted by molar-refractivity contribution is 5.85. The number of hydrogen-bond donors (Lipinski definition) is 2. The van der Waals surface area contributed by atoms with Gasteiger partial charge in [-0.25, -0.2) is 0 Å². The smallest absolute Gasteiger partial charge is 0.242 e. The number of nitrogens with zero attached hydrogens (tertiary/aromatic N) is 1. The van der Waals surface area contributed by atoms with Gasteiger partial charge in [-0.2, -0.15) is 0 Å². The van der Waals surface area contributed by atoms with Crippen LogP contribution in [0.5, 0.6) is 11.5 Å². The van der Waals surface area contributed by atoms with E-state index in [1.165, 1.54) is 0 Å². The number of nitrogens with two attached hydrogens (primary N) is 1. The monoisotopic (exact) mass is 431 g/mol. The van der Waals surface area contributed by atoms with Gasteiger partial charge in [-0.05, 0) is 35.1 Å². The van der Waals surface area contributed by atoms with Crippen LogP contribution in [0.2, 0.25) is 0 Å².